The van der Waals surface area contributed by atoms with Crippen LogP contribution in [0.15, 0.2) is 29.1 Å². The van der Waals surface area contributed by atoms with Crippen LogP contribution >= 0.6 is 0 Å². The van der Waals surface area contributed by atoms with Crippen molar-refractivity contribution in [3.8, 4) is 0 Å². The second-order valence-electron chi connectivity index (χ2n) is 6.31. The van der Waals surface area contributed by atoms with Crippen molar-refractivity contribution < 1.29 is 4.79 Å². The molecule has 0 aliphatic heterocycles. The number of rotatable bonds is 5. The predicted molar refractivity (Wildman–Crippen MR) is 96.8 cm³/mol. The number of hydrogen-bond acceptors (Lipinski definition) is 4. The SMILES string of the molecule is CCN(CC)C(=O)Cn1nc2c3ccccc3nc(C(C)C)n2c1=O. The highest BCUT2D eigenvalue weighted by molar-refractivity contribution is 5.91. The van der Waals surface area contributed by atoms with Crippen LogP contribution in [0.25, 0.3) is 16.6 Å². The number of carbonyl (C=O) groups is 1. The highest BCUT2D eigenvalue weighted by atomic mass is 16.2. The van der Waals surface area contributed by atoms with E-state index in [1.165, 1.54) is 9.08 Å². The van der Waals surface area contributed by atoms with Gasteiger partial charge in [0.15, 0.2) is 5.65 Å². The van der Waals surface area contributed by atoms with E-state index in [-0.39, 0.29) is 24.1 Å². The molecule has 25 heavy (non-hydrogen) atoms. The van der Waals surface area contributed by atoms with Crippen molar-refractivity contribution >= 4 is 22.5 Å². The molecule has 0 atom stereocenters. The summed E-state index contributed by atoms with van der Waals surface area (Å²) in [6, 6.07) is 7.61. The van der Waals surface area contributed by atoms with Gasteiger partial charge in [-0.25, -0.2) is 18.9 Å². The van der Waals surface area contributed by atoms with Crippen molar-refractivity contribution in [2.75, 3.05) is 13.1 Å². The van der Waals surface area contributed by atoms with E-state index in [0.717, 1.165) is 10.9 Å². The predicted octanol–water partition coefficient (Wildman–Crippen LogP) is 2.04. The van der Waals surface area contributed by atoms with Crippen LogP contribution in [0.3, 0.4) is 0 Å². The Morgan fingerprint density at radius 3 is 2.52 bits per heavy atom. The molecular formula is C18H23N5O2. The monoisotopic (exact) mass is 341 g/mol. The minimum Gasteiger partial charge on any atom is -0.342 e. The summed E-state index contributed by atoms with van der Waals surface area (Å²) < 4.78 is 2.78. The first-order valence-electron chi connectivity index (χ1n) is 8.63. The van der Waals surface area contributed by atoms with Gasteiger partial charge in [0, 0.05) is 24.4 Å². The Hall–Kier alpha value is -2.70. The quantitative estimate of drug-likeness (QED) is 0.712. The number of aromatic nitrogens is 4. The van der Waals surface area contributed by atoms with Crippen molar-refractivity contribution in [3.63, 3.8) is 0 Å². The minimum absolute atomic E-state index is 0.0564. The zero-order valence-electron chi connectivity index (χ0n) is 15.1. The van der Waals surface area contributed by atoms with Crippen LogP contribution in [-0.4, -0.2) is 43.1 Å². The Labute approximate surface area is 145 Å². The fourth-order valence-corrected chi connectivity index (χ4v) is 3.02. The molecule has 132 valence electrons. The zero-order chi connectivity index (χ0) is 18.1. The maximum absolute atomic E-state index is 12.9. The number of likely N-dealkylation sites (N-methyl/N-ethyl adjacent to an activating group) is 1. The molecule has 0 radical (unpaired) electrons. The first-order valence-corrected chi connectivity index (χ1v) is 8.63. The molecule has 2 aromatic heterocycles. The first-order chi connectivity index (χ1) is 12.0. The summed E-state index contributed by atoms with van der Waals surface area (Å²) in [6.45, 7) is 8.97. The Bertz CT molecular complexity index is 982. The van der Waals surface area contributed by atoms with Crippen molar-refractivity contribution in [1.82, 2.24) is 24.1 Å². The number of fused-ring (bicyclic) bond motifs is 3. The van der Waals surface area contributed by atoms with E-state index in [9.17, 15) is 9.59 Å². The maximum atomic E-state index is 12.9. The van der Waals surface area contributed by atoms with Crippen LogP contribution in [0.4, 0.5) is 0 Å². The van der Waals surface area contributed by atoms with Crippen molar-refractivity contribution in [2.24, 2.45) is 0 Å². The van der Waals surface area contributed by atoms with Gasteiger partial charge < -0.3 is 4.90 Å². The first kappa shape index (κ1) is 17.1. The van der Waals surface area contributed by atoms with Crippen LogP contribution in [0.1, 0.15) is 39.4 Å². The Balaban J connectivity index is 2.21. The number of amides is 1. The molecule has 3 rings (SSSR count). The molecule has 0 saturated carbocycles. The molecule has 0 bridgehead atoms. The van der Waals surface area contributed by atoms with Gasteiger partial charge in [0.25, 0.3) is 0 Å². The van der Waals surface area contributed by atoms with Crippen LogP contribution < -0.4 is 5.69 Å². The standard InChI is InChI=1S/C18H23N5O2/c1-5-21(6-2)15(24)11-22-18(25)23-16(12(3)4)19-14-10-8-7-9-13(14)17(23)20-22/h7-10,12H,5-6,11H2,1-4H3. The van der Waals surface area contributed by atoms with Gasteiger partial charge in [-0.3, -0.25) is 4.79 Å². The van der Waals surface area contributed by atoms with Crippen LogP contribution in [0.5, 0.6) is 0 Å². The number of nitrogens with zero attached hydrogens (tertiary/aromatic N) is 5. The fourth-order valence-electron chi connectivity index (χ4n) is 3.02. The lowest BCUT2D eigenvalue weighted by atomic mass is 10.2. The molecule has 7 nitrogen and oxygen atoms in total. The molecular weight excluding hydrogens is 318 g/mol. The van der Waals surface area contributed by atoms with Crippen molar-refractivity contribution in [1.29, 1.82) is 0 Å². The topological polar surface area (TPSA) is 72.5 Å². The number of para-hydroxylation sites is 1. The fraction of sp³-hybridized carbons (Fsp3) is 0.444. The summed E-state index contributed by atoms with van der Waals surface area (Å²) in [7, 11) is 0. The summed E-state index contributed by atoms with van der Waals surface area (Å²) in [5, 5.41) is 5.26. The molecule has 0 saturated heterocycles. The molecule has 3 aromatic rings. The van der Waals surface area contributed by atoms with Crippen LogP contribution in [0.2, 0.25) is 0 Å². The number of carbonyl (C=O) groups excluding carboxylic acids is 1. The second kappa shape index (κ2) is 6.66. The third-order valence-electron chi connectivity index (χ3n) is 4.37. The molecule has 2 heterocycles. The number of benzene rings is 1. The second-order valence-corrected chi connectivity index (χ2v) is 6.31. The van der Waals surface area contributed by atoms with Gasteiger partial charge in [0.2, 0.25) is 5.91 Å². The van der Waals surface area contributed by atoms with Crippen LogP contribution in [-0.2, 0) is 11.3 Å². The minimum atomic E-state index is -0.322. The molecule has 0 aliphatic rings. The summed E-state index contributed by atoms with van der Waals surface area (Å²) in [6.07, 6.45) is 0. The van der Waals surface area contributed by atoms with E-state index in [1.807, 2.05) is 52.0 Å². The van der Waals surface area contributed by atoms with Crippen molar-refractivity contribution in [2.45, 2.75) is 40.2 Å². The van der Waals surface area contributed by atoms with E-state index < -0.39 is 0 Å². The van der Waals surface area contributed by atoms with Gasteiger partial charge in [-0.05, 0) is 26.0 Å². The zero-order valence-corrected chi connectivity index (χ0v) is 15.1. The summed E-state index contributed by atoms with van der Waals surface area (Å²) >= 11 is 0. The summed E-state index contributed by atoms with van der Waals surface area (Å²) in [4.78, 5) is 31.6. The molecule has 7 heteroatoms. The Morgan fingerprint density at radius 1 is 1.20 bits per heavy atom. The molecule has 0 spiro atoms. The lowest BCUT2D eigenvalue weighted by Gasteiger charge is -2.17. The molecule has 0 aliphatic carbocycles. The lowest BCUT2D eigenvalue weighted by Crippen LogP contribution is -2.36. The average molecular weight is 341 g/mol. The van der Waals surface area contributed by atoms with Crippen LogP contribution in [0, 0.1) is 0 Å². The molecule has 0 unspecified atom stereocenters. The van der Waals surface area contributed by atoms with E-state index in [0.29, 0.717) is 24.6 Å². The molecule has 1 amide bonds. The van der Waals surface area contributed by atoms with E-state index in [4.69, 9.17) is 0 Å². The average Bonchev–Trinajstić information content (AvgIpc) is 2.92. The van der Waals surface area contributed by atoms with Gasteiger partial charge in [-0.2, -0.15) is 0 Å². The maximum Gasteiger partial charge on any atom is 0.352 e. The Morgan fingerprint density at radius 2 is 1.88 bits per heavy atom. The highest BCUT2D eigenvalue weighted by Crippen LogP contribution is 2.20. The lowest BCUT2D eigenvalue weighted by molar-refractivity contribution is -0.131. The highest BCUT2D eigenvalue weighted by Gasteiger charge is 2.20. The summed E-state index contributed by atoms with van der Waals surface area (Å²) in [5.41, 5.74) is 1.02. The third-order valence-corrected chi connectivity index (χ3v) is 4.37. The normalized spacial score (nSPS) is 11.6. The van der Waals surface area contributed by atoms with Gasteiger partial charge in [0.05, 0.1) is 5.52 Å². The number of hydrogen-bond donors (Lipinski definition) is 0. The van der Waals surface area contributed by atoms with Gasteiger partial charge in [-0.15, -0.1) is 5.10 Å². The van der Waals surface area contributed by atoms with E-state index in [2.05, 4.69) is 10.1 Å². The largest absolute Gasteiger partial charge is 0.352 e. The third kappa shape index (κ3) is 2.90. The smallest absolute Gasteiger partial charge is 0.342 e. The van der Waals surface area contributed by atoms with E-state index in [1.54, 1.807) is 4.90 Å². The van der Waals surface area contributed by atoms with Gasteiger partial charge in [0.1, 0.15) is 12.4 Å². The molecule has 1 aromatic carbocycles. The Kier molecular flexibility index (Phi) is 4.57. The van der Waals surface area contributed by atoms with Crippen molar-refractivity contribution in [3.05, 3.63) is 40.6 Å². The summed E-state index contributed by atoms with van der Waals surface area (Å²) in [5.74, 6) is 0.597. The van der Waals surface area contributed by atoms with Gasteiger partial charge >= 0.3 is 5.69 Å². The molecule has 0 N–H and O–H groups in total. The van der Waals surface area contributed by atoms with E-state index >= 15 is 0 Å². The molecule has 0 fully saturated rings. The van der Waals surface area contributed by atoms with Gasteiger partial charge in [-0.1, -0.05) is 26.0 Å².